The van der Waals surface area contributed by atoms with Gasteiger partial charge in [-0.3, -0.25) is 4.79 Å². The first kappa shape index (κ1) is 18.0. The molecule has 130 valence electrons. The van der Waals surface area contributed by atoms with Gasteiger partial charge in [-0.05, 0) is 51.2 Å². The zero-order valence-electron chi connectivity index (χ0n) is 14.4. The molecule has 0 saturated heterocycles. The smallest absolute Gasteiger partial charge is 0.341 e. The van der Waals surface area contributed by atoms with Crippen LogP contribution in [-0.4, -0.2) is 31.6 Å². The van der Waals surface area contributed by atoms with Gasteiger partial charge in [-0.2, -0.15) is 0 Å². The van der Waals surface area contributed by atoms with Gasteiger partial charge in [0.15, 0.2) is 6.10 Å². The lowest BCUT2D eigenvalue weighted by atomic mass is 9.97. The third-order valence-electron chi connectivity index (χ3n) is 4.20. The summed E-state index contributed by atoms with van der Waals surface area (Å²) >= 11 is 0. The van der Waals surface area contributed by atoms with E-state index < -0.39 is 12.1 Å². The number of nitrogens with one attached hydrogen (secondary N) is 2. The van der Waals surface area contributed by atoms with E-state index in [1.807, 2.05) is 6.07 Å². The minimum Gasteiger partial charge on any atom is -0.449 e. The van der Waals surface area contributed by atoms with Crippen LogP contribution >= 0.6 is 0 Å². The van der Waals surface area contributed by atoms with E-state index in [9.17, 15) is 9.59 Å². The summed E-state index contributed by atoms with van der Waals surface area (Å²) in [5.74, 6) is -0.765. The number of allylic oxidation sites excluding steroid dienone is 1. The van der Waals surface area contributed by atoms with Gasteiger partial charge in [0, 0.05) is 19.3 Å². The number of benzene rings is 1. The molecule has 5 nitrogen and oxygen atoms in total. The second kappa shape index (κ2) is 9.11. The van der Waals surface area contributed by atoms with Crippen LogP contribution in [0.25, 0.3) is 0 Å². The molecule has 1 amide bonds. The third-order valence-corrected chi connectivity index (χ3v) is 4.20. The maximum atomic E-state index is 12.2. The van der Waals surface area contributed by atoms with Crippen molar-refractivity contribution in [3.63, 3.8) is 0 Å². The molecule has 0 aromatic heterocycles. The number of rotatable bonds is 7. The van der Waals surface area contributed by atoms with Gasteiger partial charge in [0.05, 0.1) is 5.56 Å². The highest BCUT2D eigenvalue weighted by Crippen LogP contribution is 2.19. The van der Waals surface area contributed by atoms with Crippen molar-refractivity contribution in [3.8, 4) is 0 Å². The number of amides is 1. The van der Waals surface area contributed by atoms with Gasteiger partial charge in [-0.1, -0.05) is 23.8 Å². The summed E-state index contributed by atoms with van der Waals surface area (Å²) in [7, 11) is 1.74. The molecule has 2 rings (SSSR count). The molecule has 1 atom stereocenters. The van der Waals surface area contributed by atoms with Crippen LogP contribution in [0.4, 0.5) is 5.69 Å². The van der Waals surface area contributed by atoms with Gasteiger partial charge in [0.25, 0.3) is 5.91 Å². The maximum absolute atomic E-state index is 12.2. The molecule has 0 heterocycles. The Kier molecular flexibility index (Phi) is 6.85. The maximum Gasteiger partial charge on any atom is 0.341 e. The van der Waals surface area contributed by atoms with Gasteiger partial charge in [-0.25, -0.2) is 4.79 Å². The molecule has 0 unspecified atom stereocenters. The van der Waals surface area contributed by atoms with E-state index in [1.54, 1.807) is 32.2 Å². The Morgan fingerprint density at radius 1 is 1.25 bits per heavy atom. The molecule has 0 fully saturated rings. The molecule has 0 saturated carbocycles. The molecule has 0 bridgehead atoms. The summed E-state index contributed by atoms with van der Waals surface area (Å²) in [5, 5.41) is 5.78. The predicted octanol–water partition coefficient (Wildman–Crippen LogP) is 3.28. The molecule has 24 heavy (non-hydrogen) atoms. The predicted molar refractivity (Wildman–Crippen MR) is 95.0 cm³/mol. The summed E-state index contributed by atoms with van der Waals surface area (Å²) in [6.07, 6.45) is 7.09. The molecule has 0 radical (unpaired) electrons. The molecule has 0 aliphatic heterocycles. The Hall–Kier alpha value is -2.30. The topological polar surface area (TPSA) is 67.4 Å². The van der Waals surface area contributed by atoms with Crippen LogP contribution in [0.15, 0.2) is 35.9 Å². The molecule has 1 aromatic carbocycles. The number of hydrogen-bond acceptors (Lipinski definition) is 4. The van der Waals surface area contributed by atoms with Crippen molar-refractivity contribution in [2.45, 2.75) is 45.1 Å². The number of ether oxygens (including phenoxy) is 1. The van der Waals surface area contributed by atoms with Gasteiger partial charge < -0.3 is 15.4 Å². The number of anilines is 1. The van der Waals surface area contributed by atoms with Gasteiger partial charge in [0.1, 0.15) is 0 Å². The first-order valence-electron chi connectivity index (χ1n) is 8.55. The molecule has 0 spiro atoms. The Balaban J connectivity index is 1.80. The fourth-order valence-corrected chi connectivity index (χ4v) is 2.78. The van der Waals surface area contributed by atoms with E-state index in [-0.39, 0.29) is 5.91 Å². The van der Waals surface area contributed by atoms with Gasteiger partial charge in [-0.15, -0.1) is 0 Å². The molecule has 1 aliphatic carbocycles. The van der Waals surface area contributed by atoms with Crippen molar-refractivity contribution in [3.05, 3.63) is 41.5 Å². The number of hydrogen-bond donors (Lipinski definition) is 2. The van der Waals surface area contributed by atoms with E-state index >= 15 is 0 Å². The second-order valence-corrected chi connectivity index (χ2v) is 5.99. The normalized spacial score (nSPS) is 15.2. The number of carbonyl (C=O) groups excluding carboxylic acids is 2. The zero-order chi connectivity index (χ0) is 17.4. The van der Waals surface area contributed by atoms with Crippen LogP contribution < -0.4 is 10.6 Å². The number of para-hydroxylation sites is 1. The highest BCUT2D eigenvalue weighted by atomic mass is 16.5. The third kappa shape index (κ3) is 5.11. The summed E-state index contributed by atoms with van der Waals surface area (Å²) < 4.78 is 5.28. The summed E-state index contributed by atoms with van der Waals surface area (Å²) in [6.45, 7) is 2.18. The first-order valence-corrected chi connectivity index (χ1v) is 8.55. The minimum absolute atomic E-state index is 0.262. The van der Waals surface area contributed by atoms with Crippen LogP contribution in [0, 0.1) is 0 Å². The van der Waals surface area contributed by atoms with Crippen molar-refractivity contribution in [1.29, 1.82) is 0 Å². The largest absolute Gasteiger partial charge is 0.449 e. The Morgan fingerprint density at radius 2 is 2.04 bits per heavy atom. The highest BCUT2D eigenvalue weighted by Gasteiger charge is 2.20. The molecule has 1 aromatic rings. The zero-order valence-corrected chi connectivity index (χ0v) is 14.4. The summed E-state index contributed by atoms with van der Waals surface area (Å²) in [6, 6.07) is 7.06. The van der Waals surface area contributed by atoms with Gasteiger partial charge in [0.2, 0.25) is 0 Å². The van der Waals surface area contributed by atoms with Crippen LogP contribution in [0.1, 0.15) is 49.4 Å². The Labute approximate surface area is 143 Å². The summed E-state index contributed by atoms with van der Waals surface area (Å²) in [4.78, 5) is 24.3. The van der Waals surface area contributed by atoms with Crippen LogP contribution in [0.2, 0.25) is 0 Å². The first-order chi connectivity index (χ1) is 11.6. The number of carbonyl (C=O) groups is 2. The molecular formula is C19H26N2O3. The second-order valence-electron chi connectivity index (χ2n) is 5.99. The lowest BCUT2D eigenvalue weighted by molar-refractivity contribution is -0.129. The van der Waals surface area contributed by atoms with E-state index in [0.29, 0.717) is 17.8 Å². The van der Waals surface area contributed by atoms with Crippen LogP contribution in [0.3, 0.4) is 0 Å². The SMILES string of the molecule is CNc1ccccc1C(=O)O[C@H](C)C(=O)NCCC1=CCCCC1. The fourth-order valence-electron chi connectivity index (χ4n) is 2.78. The highest BCUT2D eigenvalue weighted by molar-refractivity contribution is 5.97. The molecule has 5 heteroatoms. The average Bonchev–Trinajstić information content (AvgIpc) is 2.62. The Morgan fingerprint density at radius 3 is 2.75 bits per heavy atom. The van der Waals surface area contributed by atoms with Crippen LogP contribution in [-0.2, 0) is 9.53 Å². The molecule has 2 N–H and O–H groups in total. The number of esters is 1. The minimum atomic E-state index is -0.817. The van der Waals surface area contributed by atoms with Crippen molar-refractivity contribution in [2.24, 2.45) is 0 Å². The van der Waals surface area contributed by atoms with E-state index in [0.717, 1.165) is 19.3 Å². The lowest BCUT2D eigenvalue weighted by Crippen LogP contribution is -2.36. The van der Waals surface area contributed by atoms with Crippen molar-refractivity contribution in [1.82, 2.24) is 5.32 Å². The van der Waals surface area contributed by atoms with E-state index in [1.165, 1.54) is 18.4 Å². The standard InChI is InChI=1S/C19H26N2O3/c1-14(18(22)21-13-12-15-8-4-3-5-9-15)24-19(23)16-10-6-7-11-17(16)20-2/h6-8,10-11,14,20H,3-5,9,12-13H2,1-2H3,(H,21,22)/t14-/m1/s1. The van der Waals surface area contributed by atoms with E-state index in [2.05, 4.69) is 16.7 Å². The van der Waals surface area contributed by atoms with Gasteiger partial charge >= 0.3 is 5.97 Å². The molecule has 1 aliphatic rings. The summed E-state index contributed by atoms with van der Waals surface area (Å²) in [5.41, 5.74) is 2.51. The monoisotopic (exact) mass is 330 g/mol. The van der Waals surface area contributed by atoms with Crippen molar-refractivity contribution >= 4 is 17.6 Å². The quantitative estimate of drug-likeness (QED) is 0.595. The van der Waals surface area contributed by atoms with Crippen molar-refractivity contribution < 1.29 is 14.3 Å². The fraction of sp³-hybridized carbons (Fsp3) is 0.474. The molecular weight excluding hydrogens is 304 g/mol. The van der Waals surface area contributed by atoms with Crippen molar-refractivity contribution in [2.75, 3.05) is 18.9 Å². The lowest BCUT2D eigenvalue weighted by Gasteiger charge is -2.16. The Bertz CT molecular complexity index is 610. The van der Waals surface area contributed by atoms with Crippen LogP contribution in [0.5, 0.6) is 0 Å². The van der Waals surface area contributed by atoms with E-state index in [4.69, 9.17) is 4.74 Å². The average molecular weight is 330 g/mol.